The Morgan fingerprint density at radius 3 is 2.72 bits per heavy atom. The molecule has 5 heteroatoms. The minimum atomic E-state index is -0.426. The van der Waals surface area contributed by atoms with Crippen molar-refractivity contribution in [2.75, 3.05) is 0 Å². The SMILES string of the molecule is Cc1cccc2nc(C(=O)NOC(C)(C)C)cn12. The molecule has 0 radical (unpaired) electrons. The summed E-state index contributed by atoms with van der Waals surface area (Å²) in [6, 6.07) is 5.72. The molecule has 18 heavy (non-hydrogen) atoms. The first-order valence-corrected chi connectivity index (χ1v) is 5.80. The second-order valence-corrected chi connectivity index (χ2v) is 5.17. The third-order valence-corrected chi connectivity index (χ3v) is 2.38. The average molecular weight is 247 g/mol. The highest BCUT2D eigenvalue weighted by atomic mass is 16.7. The van der Waals surface area contributed by atoms with Crippen molar-refractivity contribution in [1.29, 1.82) is 0 Å². The molecule has 2 rings (SSSR count). The van der Waals surface area contributed by atoms with Gasteiger partial charge in [-0.3, -0.25) is 9.63 Å². The highest BCUT2D eigenvalue weighted by Crippen LogP contribution is 2.09. The van der Waals surface area contributed by atoms with Gasteiger partial charge in [0, 0.05) is 11.9 Å². The number of pyridine rings is 1. The summed E-state index contributed by atoms with van der Waals surface area (Å²) < 4.78 is 1.87. The van der Waals surface area contributed by atoms with Crippen LogP contribution in [0.25, 0.3) is 5.65 Å². The second kappa shape index (κ2) is 4.42. The van der Waals surface area contributed by atoms with E-state index in [9.17, 15) is 4.79 Å². The summed E-state index contributed by atoms with van der Waals surface area (Å²) in [5.41, 5.74) is 4.09. The Bertz CT molecular complexity index is 581. The Morgan fingerprint density at radius 1 is 1.39 bits per heavy atom. The van der Waals surface area contributed by atoms with Gasteiger partial charge in [0.05, 0.1) is 5.60 Å². The molecule has 1 amide bonds. The molecule has 0 aromatic carbocycles. The van der Waals surface area contributed by atoms with Crippen molar-refractivity contribution in [3.8, 4) is 0 Å². The standard InChI is InChI=1S/C13H17N3O2/c1-9-6-5-7-11-14-10(8-16(9)11)12(17)15-18-13(2,3)4/h5-8H,1-4H3,(H,15,17). The van der Waals surface area contributed by atoms with Crippen LogP contribution in [-0.2, 0) is 4.84 Å². The Kier molecular flexibility index (Phi) is 3.09. The highest BCUT2D eigenvalue weighted by molar-refractivity contribution is 5.92. The molecule has 0 bridgehead atoms. The van der Waals surface area contributed by atoms with Crippen LogP contribution in [0.5, 0.6) is 0 Å². The van der Waals surface area contributed by atoms with E-state index in [0.717, 1.165) is 11.3 Å². The van der Waals surface area contributed by atoms with Crippen LogP contribution in [0.3, 0.4) is 0 Å². The fraction of sp³-hybridized carbons (Fsp3) is 0.385. The predicted octanol–water partition coefficient (Wildman–Crippen LogP) is 2.10. The van der Waals surface area contributed by atoms with Crippen LogP contribution in [0.15, 0.2) is 24.4 Å². The van der Waals surface area contributed by atoms with Gasteiger partial charge in [0.2, 0.25) is 0 Å². The first kappa shape index (κ1) is 12.6. The third kappa shape index (κ3) is 2.68. The van der Waals surface area contributed by atoms with Crippen molar-refractivity contribution in [2.45, 2.75) is 33.3 Å². The number of imidazole rings is 1. The smallest absolute Gasteiger partial charge is 0.295 e. The number of fused-ring (bicyclic) bond motifs is 1. The summed E-state index contributed by atoms with van der Waals surface area (Å²) in [7, 11) is 0. The summed E-state index contributed by atoms with van der Waals surface area (Å²) >= 11 is 0. The monoisotopic (exact) mass is 247 g/mol. The third-order valence-electron chi connectivity index (χ3n) is 2.38. The van der Waals surface area contributed by atoms with Crippen molar-refractivity contribution in [1.82, 2.24) is 14.9 Å². The lowest BCUT2D eigenvalue weighted by Gasteiger charge is -2.18. The molecule has 0 saturated carbocycles. The van der Waals surface area contributed by atoms with E-state index in [1.54, 1.807) is 6.20 Å². The molecule has 5 nitrogen and oxygen atoms in total. The Hall–Kier alpha value is -1.88. The molecule has 2 aromatic rings. The van der Waals surface area contributed by atoms with Crippen LogP contribution < -0.4 is 5.48 Å². The molecule has 0 unspecified atom stereocenters. The number of carbonyl (C=O) groups is 1. The van der Waals surface area contributed by atoms with Crippen LogP contribution in [0, 0.1) is 6.92 Å². The summed E-state index contributed by atoms with van der Waals surface area (Å²) in [5, 5.41) is 0. The zero-order chi connectivity index (χ0) is 13.3. The largest absolute Gasteiger partial charge is 0.304 e. The van der Waals surface area contributed by atoms with Crippen molar-refractivity contribution < 1.29 is 9.63 Å². The minimum absolute atomic E-state index is 0.340. The number of aryl methyl sites for hydroxylation is 1. The van der Waals surface area contributed by atoms with Gasteiger partial charge in [-0.15, -0.1) is 0 Å². The summed E-state index contributed by atoms with van der Waals surface area (Å²) in [4.78, 5) is 21.3. The number of hydroxylamine groups is 1. The van der Waals surface area contributed by atoms with Crippen LogP contribution in [-0.4, -0.2) is 20.9 Å². The van der Waals surface area contributed by atoms with E-state index >= 15 is 0 Å². The molecule has 0 aliphatic rings. The molecule has 96 valence electrons. The van der Waals surface area contributed by atoms with Crippen LogP contribution in [0.4, 0.5) is 0 Å². The maximum Gasteiger partial charge on any atom is 0.295 e. The molecule has 0 saturated heterocycles. The Morgan fingerprint density at radius 2 is 2.11 bits per heavy atom. The number of amides is 1. The summed E-state index contributed by atoms with van der Waals surface area (Å²) in [5.74, 6) is -0.340. The zero-order valence-electron chi connectivity index (χ0n) is 11.0. The first-order chi connectivity index (χ1) is 8.37. The van der Waals surface area contributed by atoms with Gasteiger partial charge in [0.15, 0.2) is 0 Å². The number of aromatic nitrogens is 2. The molecular formula is C13H17N3O2. The molecule has 0 aliphatic heterocycles. The lowest BCUT2D eigenvalue weighted by Crippen LogP contribution is -2.33. The van der Waals surface area contributed by atoms with Crippen LogP contribution >= 0.6 is 0 Å². The number of nitrogens with one attached hydrogen (secondary N) is 1. The quantitative estimate of drug-likeness (QED) is 0.827. The predicted molar refractivity (Wildman–Crippen MR) is 68.2 cm³/mol. The van der Waals surface area contributed by atoms with Gasteiger partial charge in [-0.25, -0.2) is 10.5 Å². The molecule has 0 atom stereocenters. The van der Waals surface area contributed by atoms with E-state index in [1.165, 1.54) is 0 Å². The van der Waals surface area contributed by atoms with Gasteiger partial charge < -0.3 is 4.40 Å². The lowest BCUT2D eigenvalue weighted by atomic mass is 10.2. The maximum absolute atomic E-state index is 11.9. The fourth-order valence-corrected chi connectivity index (χ4v) is 1.51. The fourth-order valence-electron chi connectivity index (χ4n) is 1.51. The van der Waals surface area contributed by atoms with Crippen LogP contribution in [0.2, 0.25) is 0 Å². The maximum atomic E-state index is 11.9. The van der Waals surface area contributed by atoms with Gasteiger partial charge in [-0.2, -0.15) is 0 Å². The van der Waals surface area contributed by atoms with Crippen LogP contribution in [0.1, 0.15) is 37.0 Å². The lowest BCUT2D eigenvalue weighted by molar-refractivity contribution is -0.0591. The summed E-state index contributed by atoms with van der Waals surface area (Å²) in [6.45, 7) is 7.55. The van der Waals surface area contributed by atoms with E-state index in [4.69, 9.17) is 4.84 Å². The van der Waals surface area contributed by atoms with Crippen molar-refractivity contribution in [3.05, 3.63) is 35.8 Å². The van der Waals surface area contributed by atoms with Crippen molar-refractivity contribution >= 4 is 11.6 Å². The van der Waals surface area contributed by atoms with Gasteiger partial charge >= 0.3 is 0 Å². The number of hydrogen-bond acceptors (Lipinski definition) is 3. The molecule has 1 N–H and O–H groups in total. The normalized spacial score (nSPS) is 11.8. The van der Waals surface area contributed by atoms with Gasteiger partial charge in [-0.05, 0) is 39.8 Å². The van der Waals surface area contributed by atoms with E-state index in [1.807, 2.05) is 50.3 Å². The van der Waals surface area contributed by atoms with Crippen molar-refractivity contribution in [3.63, 3.8) is 0 Å². The molecule has 2 aromatic heterocycles. The van der Waals surface area contributed by atoms with E-state index in [-0.39, 0.29) is 5.91 Å². The second-order valence-electron chi connectivity index (χ2n) is 5.17. The number of carbonyl (C=O) groups excluding carboxylic acids is 1. The van der Waals surface area contributed by atoms with Crippen molar-refractivity contribution in [2.24, 2.45) is 0 Å². The molecular weight excluding hydrogens is 230 g/mol. The molecule has 0 fully saturated rings. The van der Waals surface area contributed by atoms with E-state index in [0.29, 0.717) is 5.69 Å². The highest BCUT2D eigenvalue weighted by Gasteiger charge is 2.16. The number of rotatable bonds is 2. The molecule has 0 aliphatic carbocycles. The molecule has 2 heterocycles. The van der Waals surface area contributed by atoms with Gasteiger partial charge in [0.25, 0.3) is 5.91 Å². The minimum Gasteiger partial charge on any atom is -0.304 e. The summed E-state index contributed by atoms with van der Waals surface area (Å²) in [6.07, 6.45) is 1.70. The average Bonchev–Trinajstić information content (AvgIpc) is 2.70. The van der Waals surface area contributed by atoms with E-state index in [2.05, 4.69) is 10.5 Å². The van der Waals surface area contributed by atoms with Gasteiger partial charge in [0.1, 0.15) is 11.3 Å². The first-order valence-electron chi connectivity index (χ1n) is 5.80. The molecule has 0 spiro atoms. The number of nitrogens with zero attached hydrogens (tertiary/aromatic N) is 2. The zero-order valence-corrected chi connectivity index (χ0v) is 11.0. The topological polar surface area (TPSA) is 55.6 Å². The van der Waals surface area contributed by atoms with E-state index < -0.39 is 5.60 Å². The Labute approximate surface area is 106 Å². The number of hydrogen-bond donors (Lipinski definition) is 1. The van der Waals surface area contributed by atoms with Gasteiger partial charge in [-0.1, -0.05) is 6.07 Å². The Balaban J connectivity index is 2.21.